The fourth-order valence-corrected chi connectivity index (χ4v) is 2.26. The molecule has 5 heteroatoms. The maximum absolute atomic E-state index is 13.4. The van der Waals surface area contributed by atoms with Crippen molar-refractivity contribution in [3.8, 4) is 0 Å². The molecule has 1 atom stereocenters. The van der Waals surface area contributed by atoms with Crippen LogP contribution < -0.4 is 5.32 Å². The van der Waals surface area contributed by atoms with E-state index in [9.17, 15) is 4.39 Å². The fourth-order valence-electron chi connectivity index (χ4n) is 1.89. The van der Waals surface area contributed by atoms with Gasteiger partial charge in [0.2, 0.25) is 0 Å². The van der Waals surface area contributed by atoms with E-state index in [1.165, 1.54) is 6.07 Å². The van der Waals surface area contributed by atoms with E-state index in [1.54, 1.807) is 30.5 Å². The largest absolute Gasteiger partial charge is 0.311 e. The first-order chi connectivity index (χ1) is 9.11. The lowest BCUT2D eigenvalue weighted by molar-refractivity contribution is 0.570. The van der Waals surface area contributed by atoms with Crippen molar-refractivity contribution < 1.29 is 4.39 Å². The molecule has 0 aliphatic carbocycles. The monoisotopic (exact) mass is 298 g/mol. The van der Waals surface area contributed by atoms with E-state index in [2.05, 4.69) is 10.3 Å². The van der Waals surface area contributed by atoms with Gasteiger partial charge in [0.15, 0.2) is 0 Å². The first kappa shape index (κ1) is 14.3. The standard InChI is InChI=1S/C14H13Cl2FN2/c1-18-13(14-11(16)3-2-6-19-14)8-9-4-5-10(15)12(17)7-9/h2-7,13,18H,8H2,1H3. The van der Waals surface area contributed by atoms with Crippen LogP contribution in [0, 0.1) is 5.82 Å². The molecule has 1 unspecified atom stereocenters. The van der Waals surface area contributed by atoms with Crippen LogP contribution in [0.3, 0.4) is 0 Å². The zero-order chi connectivity index (χ0) is 13.8. The van der Waals surface area contributed by atoms with E-state index in [4.69, 9.17) is 23.2 Å². The van der Waals surface area contributed by atoms with Crippen LogP contribution in [0.25, 0.3) is 0 Å². The van der Waals surface area contributed by atoms with Crippen LogP contribution in [0.4, 0.5) is 4.39 Å². The predicted octanol–water partition coefficient (Wildman–Crippen LogP) is 4.03. The van der Waals surface area contributed by atoms with Crippen LogP contribution in [-0.4, -0.2) is 12.0 Å². The molecule has 2 aromatic rings. The van der Waals surface area contributed by atoms with E-state index < -0.39 is 5.82 Å². The summed E-state index contributed by atoms with van der Waals surface area (Å²) in [5.41, 5.74) is 1.59. The highest BCUT2D eigenvalue weighted by Crippen LogP contribution is 2.24. The van der Waals surface area contributed by atoms with Crippen molar-refractivity contribution in [2.45, 2.75) is 12.5 Å². The van der Waals surface area contributed by atoms with Crippen LogP contribution in [0.2, 0.25) is 10.0 Å². The van der Waals surface area contributed by atoms with E-state index in [0.29, 0.717) is 11.4 Å². The molecular formula is C14H13Cl2FN2. The van der Waals surface area contributed by atoms with Crippen molar-refractivity contribution in [3.05, 3.63) is 63.6 Å². The zero-order valence-corrected chi connectivity index (χ0v) is 11.8. The Balaban J connectivity index is 2.24. The van der Waals surface area contributed by atoms with E-state index in [1.807, 2.05) is 7.05 Å². The van der Waals surface area contributed by atoms with Crippen molar-refractivity contribution in [2.24, 2.45) is 0 Å². The van der Waals surface area contributed by atoms with Gasteiger partial charge in [-0.15, -0.1) is 0 Å². The second-order valence-corrected chi connectivity index (χ2v) is 4.98. The molecule has 2 rings (SSSR count). The highest BCUT2D eigenvalue weighted by atomic mass is 35.5. The third-order valence-corrected chi connectivity index (χ3v) is 3.52. The van der Waals surface area contributed by atoms with Gasteiger partial charge in [-0.05, 0) is 43.3 Å². The normalized spacial score (nSPS) is 12.4. The molecule has 100 valence electrons. The van der Waals surface area contributed by atoms with Gasteiger partial charge in [-0.25, -0.2) is 4.39 Å². The molecular weight excluding hydrogens is 286 g/mol. The van der Waals surface area contributed by atoms with Gasteiger partial charge in [-0.2, -0.15) is 0 Å². The van der Waals surface area contributed by atoms with Gasteiger partial charge < -0.3 is 5.32 Å². The number of pyridine rings is 1. The topological polar surface area (TPSA) is 24.9 Å². The minimum absolute atomic E-state index is 0.0747. The molecule has 1 N–H and O–H groups in total. The molecule has 0 amide bonds. The molecule has 0 spiro atoms. The molecule has 0 saturated heterocycles. The van der Waals surface area contributed by atoms with Crippen molar-refractivity contribution in [1.82, 2.24) is 10.3 Å². The van der Waals surface area contributed by atoms with Gasteiger partial charge in [0.05, 0.1) is 21.8 Å². The first-order valence-corrected chi connectivity index (χ1v) is 6.59. The second-order valence-electron chi connectivity index (χ2n) is 4.16. The van der Waals surface area contributed by atoms with Gasteiger partial charge in [0.25, 0.3) is 0 Å². The summed E-state index contributed by atoms with van der Waals surface area (Å²) in [5.74, 6) is -0.416. The molecule has 0 aliphatic rings. The van der Waals surface area contributed by atoms with Gasteiger partial charge in [-0.3, -0.25) is 4.98 Å². The molecule has 2 nitrogen and oxygen atoms in total. The van der Waals surface area contributed by atoms with Crippen molar-refractivity contribution >= 4 is 23.2 Å². The van der Waals surface area contributed by atoms with E-state index in [0.717, 1.165) is 11.3 Å². The van der Waals surface area contributed by atoms with Crippen molar-refractivity contribution in [1.29, 1.82) is 0 Å². The second kappa shape index (κ2) is 6.33. The Morgan fingerprint density at radius 1 is 1.26 bits per heavy atom. The number of halogens is 3. The SMILES string of the molecule is CNC(Cc1ccc(Cl)c(F)c1)c1ncccc1Cl. The summed E-state index contributed by atoms with van der Waals surface area (Å²) >= 11 is 11.8. The molecule has 0 fully saturated rings. The minimum atomic E-state index is -0.416. The van der Waals surface area contributed by atoms with Crippen molar-refractivity contribution in [2.75, 3.05) is 7.05 Å². The molecule has 0 aliphatic heterocycles. The zero-order valence-electron chi connectivity index (χ0n) is 10.3. The van der Waals surface area contributed by atoms with E-state index >= 15 is 0 Å². The summed E-state index contributed by atoms with van der Waals surface area (Å²) in [6.45, 7) is 0. The average molecular weight is 299 g/mol. The Bertz CT molecular complexity index is 575. The third kappa shape index (κ3) is 3.44. The number of hydrogen-bond acceptors (Lipinski definition) is 2. The van der Waals surface area contributed by atoms with Crippen LogP contribution in [0.5, 0.6) is 0 Å². The quantitative estimate of drug-likeness (QED) is 0.922. The summed E-state index contributed by atoms with van der Waals surface area (Å²) < 4.78 is 13.4. The number of nitrogens with zero attached hydrogens (tertiary/aromatic N) is 1. The highest BCUT2D eigenvalue weighted by molar-refractivity contribution is 6.31. The van der Waals surface area contributed by atoms with E-state index in [-0.39, 0.29) is 11.1 Å². The van der Waals surface area contributed by atoms with Crippen LogP contribution in [-0.2, 0) is 6.42 Å². The predicted molar refractivity (Wildman–Crippen MR) is 76.2 cm³/mol. The van der Waals surface area contributed by atoms with Gasteiger partial charge in [0.1, 0.15) is 5.82 Å². The number of rotatable bonds is 4. The maximum atomic E-state index is 13.4. The number of hydrogen-bond donors (Lipinski definition) is 1. The molecule has 0 saturated carbocycles. The van der Waals surface area contributed by atoms with Crippen molar-refractivity contribution in [3.63, 3.8) is 0 Å². The first-order valence-electron chi connectivity index (χ1n) is 5.83. The third-order valence-electron chi connectivity index (χ3n) is 2.89. The Hall–Kier alpha value is -1.16. The Morgan fingerprint density at radius 2 is 2.05 bits per heavy atom. The molecule has 1 aromatic carbocycles. The highest BCUT2D eigenvalue weighted by Gasteiger charge is 2.15. The average Bonchev–Trinajstić information content (AvgIpc) is 2.41. The van der Waals surface area contributed by atoms with Gasteiger partial charge in [0, 0.05) is 6.20 Å². The molecule has 0 radical (unpaired) electrons. The summed E-state index contributed by atoms with van der Waals surface area (Å²) in [6, 6.07) is 8.28. The fraction of sp³-hybridized carbons (Fsp3) is 0.214. The molecule has 0 bridgehead atoms. The lowest BCUT2D eigenvalue weighted by Gasteiger charge is -2.17. The summed E-state index contributed by atoms with van der Waals surface area (Å²) in [4.78, 5) is 4.27. The Kier molecular flexibility index (Phi) is 4.75. The summed E-state index contributed by atoms with van der Waals surface area (Å²) in [5, 5.41) is 3.86. The van der Waals surface area contributed by atoms with Gasteiger partial charge in [-0.1, -0.05) is 29.3 Å². The number of aromatic nitrogens is 1. The van der Waals surface area contributed by atoms with Crippen LogP contribution in [0.1, 0.15) is 17.3 Å². The Labute approximate surface area is 121 Å². The number of likely N-dealkylation sites (N-methyl/N-ethyl adjacent to an activating group) is 1. The minimum Gasteiger partial charge on any atom is -0.311 e. The van der Waals surface area contributed by atoms with Gasteiger partial charge >= 0.3 is 0 Å². The number of nitrogens with one attached hydrogen (secondary N) is 1. The molecule has 1 aromatic heterocycles. The molecule has 1 heterocycles. The summed E-state index contributed by atoms with van der Waals surface area (Å²) in [6.07, 6.45) is 2.27. The number of benzene rings is 1. The summed E-state index contributed by atoms with van der Waals surface area (Å²) in [7, 11) is 1.82. The Morgan fingerprint density at radius 3 is 2.68 bits per heavy atom. The van der Waals surface area contributed by atoms with Crippen LogP contribution in [0.15, 0.2) is 36.5 Å². The van der Waals surface area contributed by atoms with Crippen LogP contribution >= 0.6 is 23.2 Å². The lowest BCUT2D eigenvalue weighted by Crippen LogP contribution is -2.20. The lowest BCUT2D eigenvalue weighted by atomic mass is 10.0. The smallest absolute Gasteiger partial charge is 0.142 e. The maximum Gasteiger partial charge on any atom is 0.142 e. The molecule has 19 heavy (non-hydrogen) atoms.